The number of hydrogen-bond donors (Lipinski definition) is 0. The summed E-state index contributed by atoms with van der Waals surface area (Å²) in [5.74, 6) is 2.01. The van der Waals surface area contributed by atoms with Gasteiger partial charge in [0.15, 0.2) is 23.0 Å². The Kier molecular flexibility index (Phi) is 5.34. The second-order valence-corrected chi connectivity index (χ2v) is 9.85. The largest absolute Gasteiger partial charge is 0.486 e. The number of benzene rings is 2. The molecule has 1 unspecified atom stereocenters. The highest BCUT2D eigenvalue weighted by Crippen LogP contribution is 2.36. The van der Waals surface area contributed by atoms with E-state index in [1.54, 1.807) is 18.0 Å². The molecule has 2 aromatic rings. The van der Waals surface area contributed by atoms with Gasteiger partial charge in [-0.25, -0.2) is 8.42 Å². The van der Waals surface area contributed by atoms with Gasteiger partial charge in [0.05, 0.1) is 4.90 Å². The zero-order valence-electron chi connectivity index (χ0n) is 17.7. The number of likely N-dealkylation sites (N-methyl/N-ethyl adjacent to an activating group) is 1. The van der Waals surface area contributed by atoms with Gasteiger partial charge in [-0.15, -0.1) is 0 Å². The summed E-state index contributed by atoms with van der Waals surface area (Å²) >= 11 is 0. The molecule has 3 heterocycles. The molecule has 0 radical (unpaired) electrons. The highest BCUT2D eigenvalue weighted by molar-refractivity contribution is 7.89. The van der Waals surface area contributed by atoms with Crippen molar-refractivity contribution in [1.29, 1.82) is 0 Å². The molecule has 0 aromatic heterocycles. The van der Waals surface area contributed by atoms with Crippen LogP contribution < -0.4 is 18.9 Å². The first-order valence-corrected chi connectivity index (χ1v) is 11.9. The lowest BCUT2D eigenvalue weighted by atomic mass is 10.1. The van der Waals surface area contributed by atoms with Gasteiger partial charge in [0.2, 0.25) is 22.7 Å². The van der Waals surface area contributed by atoms with Crippen LogP contribution in [0.15, 0.2) is 41.3 Å². The molecule has 0 spiro atoms. The van der Waals surface area contributed by atoms with Crippen molar-refractivity contribution >= 4 is 15.9 Å². The smallest absolute Gasteiger partial charge is 0.243 e. The van der Waals surface area contributed by atoms with Gasteiger partial charge in [0.25, 0.3) is 0 Å². The summed E-state index contributed by atoms with van der Waals surface area (Å²) in [4.78, 5) is 14.9. The molecule has 5 rings (SSSR count). The molecule has 0 saturated carbocycles. The van der Waals surface area contributed by atoms with Crippen LogP contribution in [0, 0.1) is 0 Å². The summed E-state index contributed by atoms with van der Waals surface area (Å²) in [6, 6.07) is 9.34. The van der Waals surface area contributed by atoms with Crippen LogP contribution in [0.3, 0.4) is 0 Å². The lowest BCUT2D eigenvalue weighted by Gasteiger charge is -2.28. The molecule has 0 bridgehead atoms. The SMILES string of the molecule is CN(Cc1ccc2c(c1)OCO2)C(=O)C1CCCN1S(=O)(=O)c1ccc2c(c1)OCCO2. The number of sulfonamides is 1. The van der Waals surface area contributed by atoms with Gasteiger partial charge in [-0.1, -0.05) is 6.07 Å². The Labute approximate surface area is 186 Å². The van der Waals surface area contributed by atoms with Gasteiger partial charge >= 0.3 is 0 Å². The fourth-order valence-corrected chi connectivity index (χ4v) is 5.91. The predicted octanol–water partition coefficient (Wildman–Crippen LogP) is 2.00. The second kappa shape index (κ2) is 8.18. The van der Waals surface area contributed by atoms with E-state index in [9.17, 15) is 13.2 Å². The lowest BCUT2D eigenvalue weighted by molar-refractivity contribution is -0.133. The molecule has 2 aromatic carbocycles. The molecule has 3 aliphatic rings. The lowest BCUT2D eigenvalue weighted by Crippen LogP contribution is -2.46. The number of carbonyl (C=O) groups is 1. The first-order valence-electron chi connectivity index (χ1n) is 10.5. The quantitative estimate of drug-likeness (QED) is 0.674. The van der Waals surface area contributed by atoms with Gasteiger partial charge in [0, 0.05) is 26.2 Å². The van der Waals surface area contributed by atoms with E-state index in [0.717, 1.165) is 5.56 Å². The van der Waals surface area contributed by atoms with Crippen LogP contribution in [0.1, 0.15) is 18.4 Å². The number of ether oxygens (including phenoxy) is 4. The summed E-state index contributed by atoms with van der Waals surface area (Å²) in [5.41, 5.74) is 0.879. The molecule has 1 amide bonds. The van der Waals surface area contributed by atoms with Crippen molar-refractivity contribution in [2.24, 2.45) is 0 Å². The molecule has 10 heteroatoms. The minimum absolute atomic E-state index is 0.0971. The van der Waals surface area contributed by atoms with Crippen LogP contribution in [-0.4, -0.2) is 63.2 Å². The standard InChI is InChI=1S/C22H24N2O7S/c1-23(13-15-4-6-19-20(11-15)31-14-30-19)22(25)17-3-2-8-24(17)32(26,27)16-5-7-18-21(12-16)29-10-9-28-18/h4-7,11-12,17H,2-3,8-10,13-14H2,1H3. The number of hydrogen-bond acceptors (Lipinski definition) is 7. The summed E-state index contributed by atoms with van der Waals surface area (Å²) in [5, 5.41) is 0. The topological polar surface area (TPSA) is 94.6 Å². The fraction of sp³-hybridized carbons (Fsp3) is 0.409. The molecule has 1 saturated heterocycles. The fourth-order valence-electron chi connectivity index (χ4n) is 4.24. The first-order chi connectivity index (χ1) is 15.4. The van der Waals surface area contributed by atoms with E-state index in [-0.39, 0.29) is 17.6 Å². The Balaban J connectivity index is 1.33. The van der Waals surface area contributed by atoms with Crippen molar-refractivity contribution in [3.8, 4) is 23.0 Å². The summed E-state index contributed by atoms with van der Waals surface area (Å²) < 4.78 is 49.8. The summed E-state index contributed by atoms with van der Waals surface area (Å²) in [6.45, 7) is 1.61. The number of fused-ring (bicyclic) bond motifs is 2. The molecule has 0 N–H and O–H groups in total. The van der Waals surface area contributed by atoms with E-state index in [1.165, 1.54) is 16.4 Å². The zero-order chi connectivity index (χ0) is 22.3. The monoisotopic (exact) mass is 460 g/mol. The zero-order valence-corrected chi connectivity index (χ0v) is 18.5. The third-order valence-corrected chi connectivity index (χ3v) is 7.75. The van der Waals surface area contributed by atoms with Gasteiger partial charge in [-0.2, -0.15) is 4.31 Å². The van der Waals surface area contributed by atoms with E-state index in [1.807, 2.05) is 18.2 Å². The van der Waals surface area contributed by atoms with Crippen LogP contribution >= 0.6 is 0 Å². The minimum Gasteiger partial charge on any atom is -0.486 e. The molecule has 9 nitrogen and oxygen atoms in total. The van der Waals surface area contributed by atoms with Crippen LogP contribution in [-0.2, 0) is 21.4 Å². The van der Waals surface area contributed by atoms with Crippen molar-refractivity contribution in [2.45, 2.75) is 30.3 Å². The van der Waals surface area contributed by atoms with Crippen LogP contribution in [0.25, 0.3) is 0 Å². The van der Waals surface area contributed by atoms with Gasteiger partial charge in [-0.05, 0) is 42.7 Å². The van der Waals surface area contributed by atoms with E-state index < -0.39 is 16.1 Å². The highest BCUT2D eigenvalue weighted by Gasteiger charge is 2.41. The average molecular weight is 461 g/mol. The molecule has 1 fully saturated rings. The molecule has 3 aliphatic heterocycles. The van der Waals surface area contributed by atoms with Gasteiger partial charge in [0.1, 0.15) is 19.3 Å². The van der Waals surface area contributed by atoms with Crippen molar-refractivity contribution < 1.29 is 32.2 Å². The number of amides is 1. The Bertz CT molecular complexity index is 1150. The molecular formula is C22H24N2O7S. The molecule has 0 aliphatic carbocycles. The molecule has 1 atom stereocenters. The van der Waals surface area contributed by atoms with Crippen LogP contribution in [0.4, 0.5) is 0 Å². The van der Waals surface area contributed by atoms with Crippen molar-refractivity contribution in [3.05, 3.63) is 42.0 Å². The maximum atomic E-state index is 13.4. The Morgan fingerprint density at radius 2 is 1.69 bits per heavy atom. The first kappa shape index (κ1) is 20.9. The number of rotatable bonds is 5. The molecule has 32 heavy (non-hydrogen) atoms. The van der Waals surface area contributed by atoms with E-state index in [0.29, 0.717) is 62.1 Å². The van der Waals surface area contributed by atoms with Crippen molar-refractivity contribution in [1.82, 2.24) is 9.21 Å². The maximum absolute atomic E-state index is 13.4. The van der Waals surface area contributed by atoms with Crippen molar-refractivity contribution in [2.75, 3.05) is 33.6 Å². The third-order valence-electron chi connectivity index (χ3n) is 5.84. The summed E-state index contributed by atoms with van der Waals surface area (Å²) in [7, 11) is -2.19. The Hall–Kier alpha value is -2.98. The number of nitrogens with zero attached hydrogens (tertiary/aromatic N) is 2. The molecule has 170 valence electrons. The van der Waals surface area contributed by atoms with Gasteiger partial charge < -0.3 is 23.8 Å². The second-order valence-electron chi connectivity index (χ2n) is 7.96. The summed E-state index contributed by atoms with van der Waals surface area (Å²) in [6.07, 6.45) is 1.10. The highest BCUT2D eigenvalue weighted by atomic mass is 32.2. The van der Waals surface area contributed by atoms with Crippen LogP contribution in [0.2, 0.25) is 0 Å². The van der Waals surface area contributed by atoms with Crippen molar-refractivity contribution in [3.63, 3.8) is 0 Å². The van der Waals surface area contributed by atoms with E-state index >= 15 is 0 Å². The molecular weight excluding hydrogens is 436 g/mol. The van der Waals surface area contributed by atoms with E-state index in [2.05, 4.69) is 0 Å². The Morgan fingerprint density at radius 3 is 2.53 bits per heavy atom. The maximum Gasteiger partial charge on any atom is 0.243 e. The normalized spacial score (nSPS) is 19.7. The predicted molar refractivity (Wildman–Crippen MR) is 113 cm³/mol. The van der Waals surface area contributed by atoms with Gasteiger partial charge in [-0.3, -0.25) is 4.79 Å². The number of carbonyl (C=O) groups excluding carboxylic acids is 1. The Morgan fingerprint density at radius 1 is 1.00 bits per heavy atom. The van der Waals surface area contributed by atoms with Crippen LogP contribution in [0.5, 0.6) is 23.0 Å². The van der Waals surface area contributed by atoms with E-state index in [4.69, 9.17) is 18.9 Å². The third kappa shape index (κ3) is 3.73. The average Bonchev–Trinajstić information content (AvgIpc) is 3.48. The minimum atomic E-state index is -3.87.